The van der Waals surface area contributed by atoms with Crippen LogP contribution in [-0.4, -0.2) is 16.9 Å². The van der Waals surface area contributed by atoms with Crippen LogP contribution in [0.5, 0.6) is 0 Å². The van der Waals surface area contributed by atoms with Crippen LogP contribution in [0.4, 0.5) is 15.8 Å². The fourth-order valence-corrected chi connectivity index (χ4v) is 1.45. The van der Waals surface area contributed by atoms with Crippen LogP contribution in [0, 0.1) is 21.8 Å². The van der Waals surface area contributed by atoms with Gasteiger partial charge in [-0.2, -0.15) is 0 Å². The second-order valence-electron chi connectivity index (χ2n) is 4.32. The molecular formula is C12H16FN3O3. The summed E-state index contributed by atoms with van der Waals surface area (Å²) in [6.07, 6.45) is 0.700. The van der Waals surface area contributed by atoms with Gasteiger partial charge in [0.1, 0.15) is 5.82 Å². The summed E-state index contributed by atoms with van der Waals surface area (Å²) in [5.41, 5.74) is 5.16. The largest absolute Gasteiger partial charge is 0.322 e. The molecular weight excluding hydrogens is 253 g/mol. The number of nitrogens with two attached hydrogens (primary N) is 1. The third-order valence-electron chi connectivity index (χ3n) is 2.98. The van der Waals surface area contributed by atoms with Gasteiger partial charge in [0.05, 0.1) is 16.7 Å². The van der Waals surface area contributed by atoms with E-state index in [2.05, 4.69) is 5.32 Å². The number of nitro benzene ring substituents is 1. The number of hydrogen-bond acceptors (Lipinski definition) is 4. The third-order valence-corrected chi connectivity index (χ3v) is 2.98. The molecule has 2 atom stereocenters. The second-order valence-corrected chi connectivity index (χ2v) is 4.32. The Morgan fingerprint density at radius 1 is 1.58 bits per heavy atom. The first kappa shape index (κ1) is 15.0. The Hall–Kier alpha value is -2.02. The zero-order chi connectivity index (χ0) is 14.6. The summed E-state index contributed by atoms with van der Waals surface area (Å²) in [5.74, 6) is -1.37. The highest BCUT2D eigenvalue weighted by Gasteiger charge is 2.21. The number of carbonyl (C=O) groups is 1. The number of nitro groups is 1. The third kappa shape index (κ3) is 3.72. The molecule has 6 nitrogen and oxygen atoms in total. The van der Waals surface area contributed by atoms with Crippen LogP contribution in [0.2, 0.25) is 0 Å². The zero-order valence-corrected chi connectivity index (χ0v) is 10.7. The molecule has 0 spiro atoms. The molecule has 0 saturated heterocycles. The number of amides is 1. The molecule has 7 heteroatoms. The number of rotatable bonds is 5. The molecule has 19 heavy (non-hydrogen) atoms. The average Bonchev–Trinajstić information content (AvgIpc) is 2.38. The summed E-state index contributed by atoms with van der Waals surface area (Å²) >= 11 is 0. The molecule has 3 N–H and O–H groups in total. The van der Waals surface area contributed by atoms with Crippen LogP contribution in [0.3, 0.4) is 0 Å². The summed E-state index contributed by atoms with van der Waals surface area (Å²) < 4.78 is 13.5. The monoisotopic (exact) mass is 269 g/mol. The smallest absolute Gasteiger partial charge is 0.271 e. The van der Waals surface area contributed by atoms with Gasteiger partial charge in [0.2, 0.25) is 5.91 Å². The standard InChI is InChI=1S/C12H16FN3O3/c1-3-7(2)11(14)12(17)15-10-6-8(16(18)19)4-5-9(10)13/h4-7,11H,3,14H2,1-2H3,(H,15,17)/t7?,11-/m0/s1. The van der Waals surface area contributed by atoms with Crippen molar-refractivity contribution in [3.63, 3.8) is 0 Å². The van der Waals surface area contributed by atoms with Crippen LogP contribution in [-0.2, 0) is 4.79 Å². The number of nitrogens with one attached hydrogen (secondary N) is 1. The van der Waals surface area contributed by atoms with E-state index < -0.39 is 22.7 Å². The SMILES string of the molecule is CCC(C)[C@H](N)C(=O)Nc1cc([N+](=O)[O-])ccc1F. The van der Waals surface area contributed by atoms with Crippen LogP contribution >= 0.6 is 0 Å². The predicted octanol–water partition coefficient (Wildman–Crippen LogP) is 2.05. The quantitative estimate of drug-likeness (QED) is 0.631. The Balaban J connectivity index is 2.90. The lowest BCUT2D eigenvalue weighted by Crippen LogP contribution is -2.40. The van der Waals surface area contributed by atoms with Crippen molar-refractivity contribution < 1.29 is 14.1 Å². The van der Waals surface area contributed by atoms with Crippen LogP contribution < -0.4 is 11.1 Å². The lowest BCUT2D eigenvalue weighted by atomic mass is 9.99. The van der Waals surface area contributed by atoms with Crippen molar-refractivity contribution in [1.82, 2.24) is 0 Å². The van der Waals surface area contributed by atoms with Gasteiger partial charge in [0.25, 0.3) is 5.69 Å². The normalized spacial score (nSPS) is 13.7. The first-order valence-electron chi connectivity index (χ1n) is 5.87. The average molecular weight is 269 g/mol. The molecule has 0 aliphatic rings. The first-order chi connectivity index (χ1) is 8.86. The van der Waals surface area contributed by atoms with Crippen molar-refractivity contribution in [2.75, 3.05) is 5.32 Å². The van der Waals surface area contributed by atoms with Crippen molar-refractivity contribution in [1.29, 1.82) is 0 Å². The van der Waals surface area contributed by atoms with Gasteiger partial charge in [-0.25, -0.2) is 4.39 Å². The fourth-order valence-electron chi connectivity index (χ4n) is 1.45. The minimum atomic E-state index is -0.788. The highest BCUT2D eigenvalue weighted by molar-refractivity contribution is 5.95. The Kier molecular flexibility index (Phi) is 4.94. The molecule has 104 valence electrons. The van der Waals surface area contributed by atoms with Crippen LogP contribution in [0.15, 0.2) is 18.2 Å². The Morgan fingerprint density at radius 3 is 2.74 bits per heavy atom. The van der Waals surface area contributed by atoms with Crippen LogP contribution in [0.1, 0.15) is 20.3 Å². The molecule has 1 rings (SSSR count). The Morgan fingerprint density at radius 2 is 2.21 bits per heavy atom. The van der Waals surface area contributed by atoms with E-state index in [4.69, 9.17) is 5.73 Å². The van der Waals surface area contributed by atoms with Gasteiger partial charge in [-0.3, -0.25) is 14.9 Å². The van der Waals surface area contributed by atoms with E-state index >= 15 is 0 Å². The summed E-state index contributed by atoms with van der Waals surface area (Å²) in [7, 11) is 0. The van der Waals surface area contributed by atoms with Gasteiger partial charge in [0, 0.05) is 12.1 Å². The van der Waals surface area contributed by atoms with Crippen molar-refractivity contribution >= 4 is 17.3 Å². The van der Waals surface area contributed by atoms with Crippen molar-refractivity contribution in [3.8, 4) is 0 Å². The summed E-state index contributed by atoms with van der Waals surface area (Å²) in [4.78, 5) is 21.7. The van der Waals surface area contributed by atoms with Crippen molar-refractivity contribution in [3.05, 3.63) is 34.1 Å². The molecule has 0 saturated carbocycles. The summed E-state index contributed by atoms with van der Waals surface area (Å²) in [5, 5.41) is 12.9. The molecule has 1 aromatic rings. The van der Waals surface area contributed by atoms with E-state index in [0.29, 0.717) is 6.42 Å². The Bertz CT molecular complexity index is 493. The van der Waals surface area contributed by atoms with Gasteiger partial charge in [-0.05, 0) is 12.0 Å². The molecule has 1 aromatic carbocycles. The Labute approximate surface area is 109 Å². The fraction of sp³-hybridized carbons (Fsp3) is 0.417. The number of hydrogen-bond donors (Lipinski definition) is 2. The zero-order valence-electron chi connectivity index (χ0n) is 10.7. The second kappa shape index (κ2) is 6.24. The highest BCUT2D eigenvalue weighted by Crippen LogP contribution is 2.21. The molecule has 0 bridgehead atoms. The number of nitrogens with zero attached hydrogens (tertiary/aromatic N) is 1. The predicted molar refractivity (Wildman–Crippen MR) is 69.1 cm³/mol. The summed E-state index contributed by atoms with van der Waals surface area (Å²) in [6, 6.07) is 2.14. The van der Waals surface area contributed by atoms with E-state index in [1.165, 1.54) is 0 Å². The number of halogens is 1. The van der Waals surface area contributed by atoms with E-state index in [1.807, 2.05) is 6.92 Å². The molecule has 0 aliphatic heterocycles. The van der Waals surface area contributed by atoms with Gasteiger partial charge < -0.3 is 11.1 Å². The van der Waals surface area contributed by atoms with Gasteiger partial charge >= 0.3 is 0 Å². The summed E-state index contributed by atoms with van der Waals surface area (Å²) in [6.45, 7) is 3.68. The van der Waals surface area contributed by atoms with Gasteiger partial charge in [0.15, 0.2) is 0 Å². The molecule has 0 aromatic heterocycles. The topological polar surface area (TPSA) is 98.3 Å². The minimum absolute atomic E-state index is 0.0678. The van der Waals surface area contributed by atoms with Gasteiger partial charge in [-0.1, -0.05) is 20.3 Å². The van der Waals surface area contributed by atoms with E-state index in [9.17, 15) is 19.3 Å². The minimum Gasteiger partial charge on any atom is -0.322 e. The number of non-ortho nitro benzene ring substituents is 1. The van der Waals surface area contributed by atoms with Crippen LogP contribution in [0.25, 0.3) is 0 Å². The lowest BCUT2D eigenvalue weighted by Gasteiger charge is -2.17. The molecule has 1 unspecified atom stereocenters. The van der Waals surface area contributed by atoms with Crippen molar-refractivity contribution in [2.24, 2.45) is 11.7 Å². The first-order valence-corrected chi connectivity index (χ1v) is 5.87. The van der Waals surface area contributed by atoms with E-state index in [-0.39, 0.29) is 17.3 Å². The molecule has 0 radical (unpaired) electrons. The number of carbonyl (C=O) groups excluding carboxylic acids is 1. The molecule has 0 heterocycles. The maximum absolute atomic E-state index is 13.5. The highest BCUT2D eigenvalue weighted by atomic mass is 19.1. The number of anilines is 1. The van der Waals surface area contributed by atoms with Crippen molar-refractivity contribution in [2.45, 2.75) is 26.3 Å². The number of benzene rings is 1. The molecule has 0 fully saturated rings. The maximum Gasteiger partial charge on any atom is 0.271 e. The maximum atomic E-state index is 13.5. The van der Waals surface area contributed by atoms with E-state index in [1.54, 1.807) is 6.92 Å². The molecule has 0 aliphatic carbocycles. The van der Waals surface area contributed by atoms with E-state index in [0.717, 1.165) is 18.2 Å². The van der Waals surface area contributed by atoms with Gasteiger partial charge in [-0.15, -0.1) is 0 Å². The molecule has 1 amide bonds. The lowest BCUT2D eigenvalue weighted by molar-refractivity contribution is -0.384.